The maximum absolute atomic E-state index is 12.8. The van der Waals surface area contributed by atoms with Gasteiger partial charge in [-0.25, -0.2) is 4.98 Å². The Morgan fingerprint density at radius 3 is 2.74 bits per heavy atom. The third-order valence-corrected chi connectivity index (χ3v) is 7.00. The van der Waals surface area contributed by atoms with Gasteiger partial charge in [-0.3, -0.25) is 14.5 Å². The number of imidazole rings is 1. The van der Waals surface area contributed by atoms with Crippen LogP contribution < -0.4 is 5.73 Å². The molecule has 2 amide bonds. The zero-order valence-corrected chi connectivity index (χ0v) is 20.7. The van der Waals surface area contributed by atoms with Crippen molar-refractivity contribution >= 4 is 22.6 Å². The highest BCUT2D eigenvalue weighted by atomic mass is 16.2. The Morgan fingerprint density at radius 1 is 1.11 bits per heavy atom. The zero-order chi connectivity index (χ0) is 24.6. The highest BCUT2D eigenvalue weighted by Crippen LogP contribution is 2.28. The van der Waals surface area contributed by atoms with Gasteiger partial charge in [-0.2, -0.15) is 0 Å². The van der Waals surface area contributed by atoms with Crippen LogP contribution in [0.5, 0.6) is 0 Å². The van der Waals surface area contributed by atoms with Crippen molar-refractivity contribution in [3.05, 3.63) is 54.5 Å². The standard InChI is InChI=1S/C28H37N5O2/c1-32(15-7-3-2-4-12-26(29)34)27(35)20-33-16-8-11-24(19-33)28-30-18-25(31-28)23-14-13-21-9-5-6-10-22(21)17-23/h5-6,9-10,13-14,17-18,24H,2-4,7-8,11-12,15-16,19-20H2,1H3,(H2,29,34)(H,30,31)/t24-/m0/s1. The van der Waals surface area contributed by atoms with E-state index in [0.29, 0.717) is 18.9 Å². The van der Waals surface area contributed by atoms with E-state index >= 15 is 0 Å². The SMILES string of the molecule is CN(CCCCCCC(N)=O)C(=O)CN1CCC[C@H](c2ncc(-c3ccc4ccccc4c3)[nH]2)C1. The van der Waals surface area contributed by atoms with E-state index < -0.39 is 0 Å². The van der Waals surface area contributed by atoms with Crippen molar-refractivity contribution < 1.29 is 9.59 Å². The van der Waals surface area contributed by atoms with E-state index in [4.69, 9.17) is 10.7 Å². The fourth-order valence-electron chi connectivity index (χ4n) is 4.91. The van der Waals surface area contributed by atoms with Gasteiger partial charge in [-0.05, 0) is 49.1 Å². The predicted molar refractivity (Wildman–Crippen MR) is 140 cm³/mol. The lowest BCUT2D eigenvalue weighted by molar-refractivity contribution is -0.131. The number of aromatic nitrogens is 2. The Morgan fingerprint density at radius 2 is 1.91 bits per heavy atom. The van der Waals surface area contributed by atoms with Crippen molar-refractivity contribution in [1.29, 1.82) is 0 Å². The lowest BCUT2D eigenvalue weighted by Crippen LogP contribution is -2.43. The number of benzene rings is 2. The number of H-pyrrole nitrogens is 1. The fraction of sp³-hybridized carbons (Fsp3) is 0.464. The van der Waals surface area contributed by atoms with Crippen LogP contribution in [0.25, 0.3) is 22.0 Å². The molecule has 2 heterocycles. The van der Waals surface area contributed by atoms with Crippen LogP contribution in [0.1, 0.15) is 56.7 Å². The summed E-state index contributed by atoms with van der Waals surface area (Å²) in [5, 5.41) is 2.45. The molecule has 186 valence electrons. The predicted octanol–water partition coefficient (Wildman–Crippen LogP) is 4.30. The van der Waals surface area contributed by atoms with Crippen LogP contribution in [0.2, 0.25) is 0 Å². The van der Waals surface area contributed by atoms with E-state index in [1.807, 2.05) is 18.1 Å². The van der Waals surface area contributed by atoms with Gasteiger partial charge in [0.15, 0.2) is 0 Å². The molecule has 0 bridgehead atoms. The summed E-state index contributed by atoms with van der Waals surface area (Å²) < 4.78 is 0. The first kappa shape index (κ1) is 24.9. The molecule has 4 rings (SSSR count). The van der Waals surface area contributed by atoms with Crippen LogP contribution in [-0.4, -0.2) is 64.8 Å². The summed E-state index contributed by atoms with van der Waals surface area (Å²) in [6.45, 7) is 2.99. The molecule has 7 heteroatoms. The number of carbonyl (C=O) groups excluding carboxylic acids is 2. The van der Waals surface area contributed by atoms with E-state index in [1.165, 1.54) is 10.8 Å². The molecule has 1 aromatic heterocycles. The second-order valence-electron chi connectivity index (χ2n) is 9.76. The molecular formula is C28H37N5O2. The van der Waals surface area contributed by atoms with Gasteiger partial charge >= 0.3 is 0 Å². The van der Waals surface area contributed by atoms with Crippen LogP contribution in [-0.2, 0) is 9.59 Å². The van der Waals surface area contributed by atoms with Gasteiger partial charge < -0.3 is 15.6 Å². The number of carbonyl (C=O) groups is 2. The highest BCUT2D eigenvalue weighted by molar-refractivity contribution is 5.86. The summed E-state index contributed by atoms with van der Waals surface area (Å²) in [5.74, 6) is 1.24. The topological polar surface area (TPSA) is 95.3 Å². The number of hydrogen-bond donors (Lipinski definition) is 2. The van der Waals surface area contributed by atoms with Gasteiger partial charge in [-0.15, -0.1) is 0 Å². The van der Waals surface area contributed by atoms with E-state index in [9.17, 15) is 9.59 Å². The number of hydrogen-bond acceptors (Lipinski definition) is 4. The van der Waals surface area contributed by atoms with Crippen molar-refractivity contribution in [1.82, 2.24) is 19.8 Å². The smallest absolute Gasteiger partial charge is 0.236 e. The average molecular weight is 476 g/mol. The van der Waals surface area contributed by atoms with Gasteiger partial charge in [0.2, 0.25) is 11.8 Å². The minimum Gasteiger partial charge on any atom is -0.370 e. The first-order chi connectivity index (χ1) is 17.0. The van der Waals surface area contributed by atoms with Crippen molar-refractivity contribution in [2.24, 2.45) is 5.73 Å². The van der Waals surface area contributed by atoms with Crippen molar-refractivity contribution in [2.45, 2.75) is 50.9 Å². The number of aromatic amines is 1. The van der Waals surface area contributed by atoms with Crippen molar-refractivity contribution in [2.75, 3.05) is 33.2 Å². The molecule has 1 saturated heterocycles. The number of rotatable bonds is 11. The number of primary amides is 1. The highest BCUT2D eigenvalue weighted by Gasteiger charge is 2.25. The fourth-order valence-corrected chi connectivity index (χ4v) is 4.91. The number of nitrogens with two attached hydrogens (primary N) is 1. The molecule has 3 aromatic rings. The number of nitrogens with zero attached hydrogens (tertiary/aromatic N) is 3. The summed E-state index contributed by atoms with van der Waals surface area (Å²) in [6.07, 6.45) is 8.29. The van der Waals surface area contributed by atoms with Crippen LogP contribution in [0, 0.1) is 0 Å². The maximum Gasteiger partial charge on any atom is 0.236 e. The Hall–Kier alpha value is -3.19. The quantitative estimate of drug-likeness (QED) is 0.404. The Kier molecular flexibility index (Phi) is 8.53. The summed E-state index contributed by atoms with van der Waals surface area (Å²) in [7, 11) is 1.88. The molecule has 3 N–H and O–H groups in total. The van der Waals surface area contributed by atoms with Gasteiger partial charge in [0.05, 0.1) is 18.4 Å². The zero-order valence-electron chi connectivity index (χ0n) is 20.7. The van der Waals surface area contributed by atoms with Gasteiger partial charge in [0.1, 0.15) is 5.82 Å². The molecule has 7 nitrogen and oxygen atoms in total. The van der Waals surface area contributed by atoms with Crippen LogP contribution >= 0.6 is 0 Å². The number of nitrogens with one attached hydrogen (secondary N) is 1. The van der Waals surface area contributed by atoms with Gasteiger partial charge in [-0.1, -0.05) is 49.2 Å². The minimum absolute atomic E-state index is 0.166. The Labute approximate surface area is 207 Å². The van der Waals surface area contributed by atoms with Crippen LogP contribution in [0.3, 0.4) is 0 Å². The first-order valence-electron chi connectivity index (χ1n) is 12.8. The Balaban J connectivity index is 1.27. The molecule has 0 saturated carbocycles. The minimum atomic E-state index is -0.239. The third-order valence-electron chi connectivity index (χ3n) is 7.00. The van der Waals surface area contributed by atoms with Crippen LogP contribution in [0.4, 0.5) is 0 Å². The number of amides is 2. The number of likely N-dealkylation sites (tertiary alicyclic amines) is 1. The maximum atomic E-state index is 12.8. The van der Waals surface area contributed by atoms with Crippen molar-refractivity contribution in [3.63, 3.8) is 0 Å². The third kappa shape index (κ3) is 6.92. The van der Waals surface area contributed by atoms with Crippen molar-refractivity contribution in [3.8, 4) is 11.3 Å². The van der Waals surface area contributed by atoms with E-state index in [0.717, 1.165) is 75.2 Å². The van der Waals surface area contributed by atoms with E-state index in [1.54, 1.807) is 0 Å². The number of likely N-dealkylation sites (N-methyl/N-ethyl adjacent to an activating group) is 1. The molecule has 35 heavy (non-hydrogen) atoms. The first-order valence-corrected chi connectivity index (χ1v) is 12.8. The second-order valence-corrected chi connectivity index (χ2v) is 9.76. The molecule has 1 aliphatic rings. The molecule has 0 radical (unpaired) electrons. The average Bonchev–Trinajstić information content (AvgIpc) is 3.36. The molecule has 2 aromatic carbocycles. The van der Waals surface area contributed by atoms with Crippen LogP contribution in [0.15, 0.2) is 48.7 Å². The molecule has 1 atom stereocenters. The van der Waals surface area contributed by atoms with E-state index in [2.05, 4.69) is 52.3 Å². The summed E-state index contributed by atoms with van der Waals surface area (Å²) in [4.78, 5) is 35.9. The molecule has 0 spiro atoms. The molecule has 1 aliphatic heterocycles. The van der Waals surface area contributed by atoms with Gasteiger partial charge in [0.25, 0.3) is 0 Å². The Bertz CT molecular complexity index is 1140. The second kappa shape index (κ2) is 12.0. The largest absolute Gasteiger partial charge is 0.370 e. The summed E-state index contributed by atoms with van der Waals surface area (Å²) >= 11 is 0. The van der Waals surface area contributed by atoms with E-state index in [-0.39, 0.29) is 11.8 Å². The summed E-state index contributed by atoms with van der Waals surface area (Å²) in [6, 6.07) is 14.9. The number of fused-ring (bicyclic) bond motifs is 1. The number of unbranched alkanes of at least 4 members (excludes halogenated alkanes) is 3. The number of piperidine rings is 1. The molecular weight excluding hydrogens is 438 g/mol. The lowest BCUT2D eigenvalue weighted by Gasteiger charge is -2.32. The monoisotopic (exact) mass is 475 g/mol. The molecule has 0 unspecified atom stereocenters. The van der Waals surface area contributed by atoms with Gasteiger partial charge in [0, 0.05) is 38.0 Å². The summed E-state index contributed by atoms with van der Waals surface area (Å²) in [5.41, 5.74) is 7.35. The molecule has 0 aliphatic carbocycles. The normalized spacial score (nSPS) is 16.4. The lowest BCUT2D eigenvalue weighted by atomic mass is 9.97. The molecule has 1 fully saturated rings.